The molecule has 0 spiro atoms. The molecule has 0 saturated carbocycles. The average Bonchev–Trinajstić information content (AvgIpc) is 3.12. The first kappa shape index (κ1) is 16.9. The molecule has 7 heteroatoms. The van der Waals surface area contributed by atoms with Crippen LogP contribution in [0.4, 0.5) is 0 Å². The van der Waals surface area contributed by atoms with Gasteiger partial charge in [0, 0.05) is 44.0 Å². The van der Waals surface area contributed by atoms with Gasteiger partial charge < -0.3 is 14.2 Å². The van der Waals surface area contributed by atoms with Gasteiger partial charge in [0.05, 0.1) is 0 Å². The lowest BCUT2D eigenvalue weighted by atomic mass is 9.96. The fourth-order valence-corrected chi connectivity index (χ4v) is 3.41. The summed E-state index contributed by atoms with van der Waals surface area (Å²) in [6.07, 6.45) is 3.96. The molecule has 0 bridgehead atoms. The third-order valence-electron chi connectivity index (χ3n) is 4.99. The molecule has 0 aliphatic carbocycles. The first-order valence-corrected chi connectivity index (χ1v) is 8.37. The molecular formula is C17H25N5O2. The van der Waals surface area contributed by atoms with Crippen LogP contribution in [-0.4, -0.2) is 48.2 Å². The molecule has 24 heavy (non-hydrogen) atoms. The Labute approximate surface area is 141 Å². The first-order chi connectivity index (χ1) is 11.5. The predicted octanol–water partition coefficient (Wildman–Crippen LogP) is 1.23. The second-order valence-electron chi connectivity index (χ2n) is 6.63. The maximum absolute atomic E-state index is 11.5. The van der Waals surface area contributed by atoms with E-state index < -0.39 is 0 Å². The van der Waals surface area contributed by atoms with Crippen molar-refractivity contribution in [1.29, 1.82) is 0 Å². The van der Waals surface area contributed by atoms with E-state index >= 15 is 0 Å². The van der Waals surface area contributed by atoms with Crippen molar-refractivity contribution in [3.63, 3.8) is 0 Å². The third-order valence-corrected chi connectivity index (χ3v) is 4.99. The van der Waals surface area contributed by atoms with Crippen molar-refractivity contribution >= 4 is 5.78 Å². The minimum Gasteiger partial charge on any atom is -0.388 e. The van der Waals surface area contributed by atoms with E-state index in [9.17, 15) is 9.90 Å². The van der Waals surface area contributed by atoms with Crippen LogP contribution in [0, 0.1) is 0 Å². The molecule has 7 nitrogen and oxygen atoms in total. The Morgan fingerprint density at radius 2 is 2.00 bits per heavy atom. The summed E-state index contributed by atoms with van der Waals surface area (Å²) in [5.41, 5.74) is 1.94. The molecule has 0 unspecified atom stereocenters. The molecule has 1 aliphatic rings. The zero-order valence-corrected chi connectivity index (χ0v) is 14.6. The van der Waals surface area contributed by atoms with Gasteiger partial charge in [-0.25, -0.2) is 0 Å². The summed E-state index contributed by atoms with van der Waals surface area (Å²) >= 11 is 0. The number of likely N-dealkylation sites (tertiary alicyclic amines) is 1. The van der Waals surface area contributed by atoms with E-state index in [0.29, 0.717) is 11.7 Å². The molecular weight excluding hydrogens is 306 g/mol. The normalized spacial score (nSPS) is 16.7. The zero-order valence-electron chi connectivity index (χ0n) is 14.6. The summed E-state index contributed by atoms with van der Waals surface area (Å²) < 4.78 is 3.95. The van der Waals surface area contributed by atoms with Gasteiger partial charge in [0.25, 0.3) is 0 Å². The number of hydrogen-bond donors (Lipinski definition) is 1. The lowest BCUT2D eigenvalue weighted by Gasteiger charge is -2.31. The Morgan fingerprint density at radius 1 is 1.29 bits per heavy atom. The van der Waals surface area contributed by atoms with E-state index in [1.165, 1.54) is 5.69 Å². The largest absolute Gasteiger partial charge is 0.388 e. The van der Waals surface area contributed by atoms with Crippen molar-refractivity contribution in [2.45, 2.75) is 38.8 Å². The maximum atomic E-state index is 11.5. The molecule has 0 radical (unpaired) electrons. The Kier molecular flexibility index (Phi) is 4.82. The molecule has 1 aliphatic heterocycles. The van der Waals surface area contributed by atoms with Crippen LogP contribution in [-0.2, 0) is 27.2 Å². The number of carbonyl (C=O) groups is 1. The molecule has 0 aromatic carbocycles. The number of aliphatic hydroxyl groups excluding tert-OH is 1. The van der Waals surface area contributed by atoms with E-state index in [1.807, 2.05) is 35.5 Å². The number of aliphatic hydroxyl groups is 1. The minimum absolute atomic E-state index is 0.0751. The topological polar surface area (TPSA) is 76.2 Å². The van der Waals surface area contributed by atoms with Gasteiger partial charge in [-0.1, -0.05) is 0 Å². The van der Waals surface area contributed by atoms with Gasteiger partial charge in [-0.15, -0.1) is 10.2 Å². The number of piperidine rings is 1. The van der Waals surface area contributed by atoms with Gasteiger partial charge in [0.2, 0.25) is 0 Å². The van der Waals surface area contributed by atoms with Crippen molar-refractivity contribution in [1.82, 2.24) is 24.2 Å². The van der Waals surface area contributed by atoms with Crippen LogP contribution in [0.25, 0.3) is 0 Å². The smallest absolute Gasteiger partial charge is 0.161 e. The van der Waals surface area contributed by atoms with Gasteiger partial charge in [-0.05, 0) is 38.9 Å². The summed E-state index contributed by atoms with van der Waals surface area (Å²) in [6, 6.07) is 1.99. The monoisotopic (exact) mass is 331 g/mol. The molecule has 3 rings (SSSR count). The van der Waals surface area contributed by atoms with Gasteiger partial charge in [-0.2, -0.15) is 0 Å². The first-order valence-electron chi connectivity index (χ1n) is 8.37. The van der Waals surface area contributed by atoms with Crippen LogP contribution in [0.3, 0.4) is 0 Å². The van der Waals surface area contributed by atoms with Gasteiger partial charge in [0.15, 0.2) is 11.6 Å². The predicted molar refractivity (Wildman–Crippen MR) is 89.6 cm³/mol. The summed E-state index contributed by atoms with van der Waals surface area (Å²) in [6.45, 7) is 4.37. The average molecular weight is 331 g/mol. The summed E-state index contributed by atoms with van der Waals surface area (Å²) in [5.74, 6) is 2.09. The SMILES string of the molecule is CC(=O)c1cc(CN2CCC(c3nnc(CO)n3C)CC2)n(C)c1. The zero-order chi connectivity index (χ0) is 17.3. The van der Waals surface area contributed by atoms with E-state index in [0.717, 1.165) is 43.9 Å². The summed E-state index contributed by atoms with van der Waals surface area (Å²) in [7, 11) is 3.91. The van der Waals surface area contributed by atoms with Crippen molar-refractivity contribution in [2.24, 2.45) is 14.1 Å². The van der Waals surface area contributed by atoms with E-state index in [-0.39, 0.29) is 12.4 Å². The highest BCUT2D eigenvalue weighted by molar-refractivity contribution is 5.94. The van der Waals surface area contributed by atoms with Crippen LogP contribution >= 0.6 is 0 Å². The second kappa shape index (κ2) is 6.86. The van der Waals surface area contributed by atoms with Gasteiger partial charge in [0.1, 0.15) is 12.4 Å². The highest BCUT2D eigenvalue weighted by Gasteiger charge is 2.25. The Balaban J connectivity index is 1.61. The van der Waals surface area contributed by atoms with Gasteiger partial charge in [-0.3, -0.25) is 9.69 Å². The molecule has 2 aromatic heterocycles. The molecule has 0 amide bonds. The number of aryl methyl sites for hydroxylation is 1. The fourth-order valence-electron chi connectivity index (χ4n) is 3.41. The Hall–Kier alpha value is -1.99. The Morgan fingerprint density at radius 3 is 2.54 bits per heavy atom. The number of carbonyl (C=O) groups excluding carboxylic acids is 1. The molecule has 130 valence electrons. The third kappa shape index (κ3) is 3.27. The molecule has 1 N–H and O–H groups in total. The second-order valence-corrected chi connectivity index (χ2v) is 6.63. The number of nitrogens with zero attached hydrogens (tertiary/aromatic N) is 5. The maximum Gasteiger partial charge on any atom is 0.161 e. The van der Waals surface area contributed by atoms with Crippen molar-refractivity contribution in [3.8, 4) is 0 Å². The number of Topliss-reactive ketones (excluding diaryl/α,β-unsaturated/α-hetero) is 1. The fraction of sp³-hybridized carbons (Fsp3) is 0.588. The van der Waals surface area contributed by atoms with Crippen molar-refractivity contribution in [2.75, 3.05) is 13.1 Å². The van der Waals surface area contributed by atoms with E-state index in [4.69, 9.17) is 0 Å². The highest BCUT2D eigenvalue weighted by atomic mass is 16.3. The van der Waals surface area contributed by atoms with Crippen LogP contribution in [0.1, 0.15) is 53.4 Å². The lowest BCUT2D eigenvalue weighted by molar-refractivity contribution is 0.101. The van der Waals surface area contributed by atoms with E-state index in [2.05, 4.69) is 15.1 Å². The molecule has 1 saturated heterocycles. The molecule has 1 fully saturated rings. The quantitative estimate of drug-likeness (QED) is 0.834. The van der Waals surface area contributed by atoms with Crippen LogP contribution in [0.2, 0.25) is 0 Å². The highest BCUT2D eigenvalue weighted by Crippen LogP contribution is 2.27. The van der Waals surface area contributed by atoms with Crippen LogP contribution < -0.4 is 0 Å². The summed E-state index contributed by atoms with van der Waals surface area (Å²) in [5, 5.41) is 17.5. The number of ketones is 1. The molecule has 0 atom stereocenters. The van der Waals surface area contributed by atoms with Crippen molar-refractivity contribution < 1.29 is 9.90 Å². The molecule has 2 aromatic rings. The van der Waals surface area contributed by atoms with Gasteiger partial charge >= 0.3 is 0 Å². The number of hydrogen-bond acceptors (Lipinski definition) is 5. The van der Waals surface area contributed by atoms with Crippen LogP contribution in [0.5, 0.6) is 0 Å². The van der Waals surface area contributed by atoms with Crippen LogP contribution in [0.15, 0.2) is 12.3 Å². The minimum atomic E-state index is -0.0751. The Bertz CT molecular complexity index is 725. The number of aromatic nitrogens is 4. The van der Waals surface area contributed by atoms with E-state index in [1.54, 1.807) is 6.92 Å². The van der Waals surface area contributed by atoms with Crippen molar-refractivity contribution in [3.05, 3.63) is 35.2 Å². The lowest BCUT2D eigenvalue weighted by Crippen LogP contribution is -2.33. The molecule has 3 heterocycles. The summed E-state index contributed by atoms with van der Waals surface area (Å²) in [4.78, 5) is 13.9. The number of rotatable bonds is 5. The standard InChI is InChI=1S/C17H25N5O2/c1-12(24)14-8-15(20(2)9-14)10-22-6-4-13(5-7-22)17-19-18-16(11-23)21(17)3/h8-9,13,23H,4-7,10-11H2,1-3H3.